The minimum absolute atomic E-state index is 0. The van der Waals surface area contributed by atoms with Crippen LogP contribution in [0.1, 0.15) is 77.1 Å². The molecular formula is C23H34LiN3O-2. The summed E-state index contributed by atoms with van der Waals surface area (Å²) >= 11 is 0. The Labute approximate surface area is 183 Å². The Bertz CT molecular complexity index is 645. The first-order valence-electron chi connectivity index (χ1n) is 9.98. The molecule has 1 aliphatic heterocycles. The van der Waals surface area contributed by atoms with Crippen molar-refractivity contribution in [2.75, 3.05) is 6.61 Å². The van der Waals surface area contributed by atoms with Gasteiger partial charge in [-0.05, 0) is 49.4 Å². The molecule has 1 saturated carbocycles. The van der Waals surface area contributed by atoms with Crippen LogP contribution in [-0.2, 0) is 0 Å². The molecule has 0 spiro atoms. The maximum atomic E-state index is 9.88. The number of aliphatic hydroxyl groups excluding tert-OH is 1. The maximum absolute atomic E-state index is 9.88. The molecule has 1 aliphatic carbocycles. The molecule has 2 heterocycles. The van der Waals surface area contributed by atoms with Gasteiger partial charge in [0.15, 0.2) is 0 Å². The van der Waals surface area contributed by atoms with E-state index in [0.717, 1.165) is 36.6 Å². The largest absolute Gasteiger partial charge is 1.00 e. The van der Waals surface area contributed by atoms with Gasteiger partial charge in [0.1, 0.15) is 0 Å². The molecule has 0 amide bonds. The summed E-state index contributed by atoms with van der Waals surface area (Å²) in [5.74, 6) is 1.35. The molecule has 4 nitrogen and oxygen atoms in total. The van der Waals surface area contributed by atoms with E-state index in [1.165, 1.54) is 25.7 Å². The molecule has 0 radical (unpaired) electrons. The fourth-order valence-corrected chi connectivity index (χ4v) is 3.71. The van der Waals surface area contributed by atoms with Crippen LogP contribution in [0.4, 0.5) is 0 Å². The third-order valence-corrected chi connectivity index (χ3v) is 5.46. The Morgan fingerprint density at radius 3 is 2.54 bits per heavy atom. The predicted octanol–water partition coefficient (Wildman–Crippen LogP) is 1.73. The molecular weight excluding hydrogens is 341 g/mol. The number of allylic oxidation sites excluding steroid dienone is 1. The number of aliphatic hydroxyl groups is 1. The molecule has 5 heteroatoms. The van der Waals surface area contributed by atoms with Crippen molar-refractivity contribution in [3.05, 3.63) is 37.3 Å². The number of rotatable bonds is 5. The van der Waals surface area contributed by atoms with E-state index in [4.69, 9.17) is 4.99 Å². The molecule has 1 aromatic rings. The molecule has 2 atom stereocenters. The van der Waals surface area contributed by atoms with Crippen LogP contribution in [0.3, 0.4) is 0 Å². The first-order valence-corrected chi connectivity index (χ1v) is 9.98. The molecule has 3 rings (SSSR count). The summed E-state index contributed by atoms with van der Waals surface area (Å²) in [6.07, 6.45) is 18.4. The van der Waals surface area contributed by atoms with Crippen LogP contribution in [0.5, 0.6) is 0 Å². The number of hydrogen-bond acceptors (Lipinski definition) is 4. The van der Waals surface area contributed by atoms with Gasteiger partial charge < -0.3 is 34.7 Å². The second-order valence-electron chi connectivity index (χ2n) is 8.80. The van der Waals surface area contributed by atoms with Gasteiger partial charge in [-0.3, -0.25) is 4.99 Å². The van der Waals surface area contributed by atoms with Crippen molar-refractivity contribution in [1.29, 1.82) is 0 Å². The van der Waals surface area contributed by atoms with Crippen molar-refractivity contribution in [3.63, 3.8) is 0 Å². The molecule has 150 valence electrons. The summed E-state index contributed by atoms with van der Waals surface area (Å²) < 4.78 is 0. The average molecular weight is 375 g/mol. The zero-order valence-corrected chi connectivity index (χ0v) is 18.3. The number of aliphatic imine (C=N–C) groups is 1. The van der Waals surface area contributed by atoms with Gasteiger partial charge in [-0.2, -0.15) is 11.9 Å². The van der Waals surface area contributed by atoms with Crippen LogP contribution in [-0.4, -0.2) is 33.4 Å². The quantitative estimate of drug-likeness (QED) is 0.630. The summed E-state index contributed by atoms with van der Waals surface area (Å²) in [7, 11) is 0. The van der Waals surface area contributed by atoms with Crippen LogP contribution >= 0.6 is 0 Å². The maximum Gasteiger partial charge on any atom is 1.00 e. The molecule has 0 aromatic carbocycles. The Morgan fingerprint density at radius 2 is 2.00 bits per heavy atom. The fourth-order valence-electron chi connectivity index (χ4n) is 3.71. The second kappa shape index (κ2) is 11.3. The summed E-state index contributed by atoms with van der Waals surface area (Å²) in [6.45, 7) is 6.42. The van der Waals surface area contributed by atoms with Crippen LogP contribution in [0.2, 0.25) is 0 Å². The van der Waals surface area contributed by atoms with Crippen LogP contribution in [0, 0.1) is 37.0 Å². The van der Waals surface area contributed by atoms with Crippen molar-refractivity contribution in [3.8, 4) is 0 Å². The zero-order valence-electron chi connectivity index (χ0n) is 18.3. The van der Waals surface area contributed by atoms with Crippen molar-refractivity contribution < 1.29 is 24.0 Å². The van der Waals surface area contributed by atoms with Crippen molar-refractivity contribution >= 4 is 11.8 Å². The SMILES string of the molecule is CC(C)(C)[C-]=Cc1[c-]nc(C2=N[C@@H](CO)[C@H](CC3CCC3)CCC2)cn1.[CH3-].[Li+]. The van der Waals surface area contributed by atoms with E-state index in [1.807, 2.05) is 6.08 Å². The topological polar surface area (TPSA) is 58.4 Å². The monoisotopic (exact) mass is 375 g/mol. The molecule has 2 aliphatic rings. The van der Waals surface area contributed by atoms with E-state index < -0.39 is 0 Å². The Balaban J connectivity index is 0.00000196. The average Bonchev–Trinajstić information content (AvgIpc) is 2.78. The van der Waals surface area contributed by atoms with E-state index in [0.29, 0.717) is 11.6 Å². The summed E-state index contributed by atoms with van der Waals surface area (Å²) in [6, 6.07) is 0.00342. The number of hydrogen-bond donors (Lipinski definition) is 1. The Morgan fingerprint density at radius 1 is 1.25 bits per heavy atom. The molecule has 0 unspecified atom stereocenters. The predicted molar refractivity (Wildman–Crippen MR) is 111 cm³/mol. The van der Waals surface area contributed by atoms with E-state index in [1.54, 1.807) is 6.20 Å². The van der Waals surface area contributed by atoms with Gasteiger partial charge in [0, 0.05) is 5.71 Å². The van der Waals surface area contributed by atoms with E-state index >= 15 is 0 Å². The van der Waals surface area contributed by atoms with Crippen molar-refractivity contribution in [1.82, 2.24) is 9.97 Å². The molecule has 1 aromatic heterocycles. The summed E-state index contributed by atoms with van der Waals surface area (Å²) in [5.41, 5.74) is 2.45. The Hall–Kier alpha value is -0.953. The molecule has 28 heavy (non-hydrogen) atoms. The molecule has 0 saturated heterocycles. The van der Waals surface area contributed by atoms with Gasteiger partial charge in [0.2, 0.25) is 0 Å². The van der Waals surface area contributed by atoms with E-state index in [-0.39, 0.29) is 44.4 Å². The summed E-state index contributed by atoms with van der Waals surface area (Å²) in [5, 5.41) is 9.88. The van der Waals surface area contributed by atoms with Crippen molar-refractivity contribution in [2.24, 2.45) is 22.2 Å². The summed E-state index contributed by atoms with van der Waals surface area (Å²) in [4.78, 5) is 13.8. The minimum Gasteiger partial charge on any atom is -0.401 e. The number of nitrogens with zero attached hydrogens (tertiary/aromatic N) is 3. The molecule has 1 N–H and O–H groups in total. The van der Waals surface area contributed by atoms with Crippen LogP contribution in [0.25, 0.3) is 6.08 Å². The van der Waals surface area contributed by atoms with Crippen LogP contribution in [0.15, 0.2) is 11.2 Å². The smallest absolute Gasteiger partial charge is 0.401 e. The van der Waals surface area contributed by atoms with Gasteiger partial charge >= 0.3 is 18.9 Å². The molecule has 1 fully saturated rings. The number of aromatic nitrogens is 2. The molecule has 0 bridgehead atoms. The first-order chi connectivity index (χ1) is 12.4. The van der Waals surface area contributed by atoms with Crippen LogP contribution < -0.4 is 18.9 Å². The third-order valence-electron chi connectivity index (χ3n) is 5.46. The zero-order chi connectivity index (χ0) is 18.6. The normalized spacial score (nSPS) is 23.2. The Kier molecular flexibility index (Phi) is 10.1. The van der Waals surface area contributed by atoms with E-state index in [2.05, 4.69) is 43.0 Å². The third kappa shape index (κ3) is 7.14. The van der Waals surface area contributed by atoms with Crippen molar-refractivity contribution in [2.45, 2.75) is 71.8 Å². The van der Waals surface area contributed by atoms with Gasteiger partial charge in [0.05, 0.1) is 12.6 Å². The van der Waals surface area contributed by atoms with Gasteiger partial charge in [-0.1, -0.05) is 40.0 Å². The minimum atomic E-state index is -0.0106. The van der Waals surface area contributed by atoms with Gasteiger partial charge in [-0.25, -0.2) is 0 Å². The van der Waals surface area contributed by atoms with Gasteiger partial charge in [-0.15, -0.1) is 5.41 Å². The van der Waals surface area contributed by atoms with E-state index in [9.17, 15) is 5.11 Å². The fraction of sp³-hybridized carbons (Fsp3) is 0.652. The standard InChI is InChI=1S/C22H31N3O.CH3.Li/c1-22(2,3)11-10-18-13-24-20(14-23-18)19-9-5-8-17(21(15-26)25-19)12-16-6-4-7-16;;/h10,14,16-17,21,26H,4-9,12,15H2,1-3H3;1H3;/q-2;-1;+1/t17-,21-;;/m0../s1. The van der Waals surface area contributed by atoms with Gasteiger partial charge in [0.25, 0.3) is 0 Å². The second-order valence-corrected chi connectivity index (χ2v) is 8.80. The first kappa shape index (κ1) is 25.1.